The van der Waals surface area contributed by atoms with Gasteiger partial charge in [-0.25, -0.2) is 0 Å². The molecular formula is C25H22N2O4. The summed E-state index contributed by atoms with van der Waals surface area (Å²) in [5, 5.41) is 0. The van der Waals surface area contributed by atoms with Gasteiger partial charge < -0.3 is 19.3 Å². The molecule has 0 aliphatic carbocycles. The molecule has 0 aromatic heterocycles. The van der Waals surface area contributed by atoms with Gasteiger partial charge in [0.25, 0.3) is 11.8 Å². The number of hydrogen-bond donors (Lipinski definition) is 0. The molecule has 2 aliphatic rings. The van der Waals surface area contributed by atoms with E-state index in [1.165, 1.54) is 0 Å². The molecule has 1 fully saturated rings. The Balaban J connectivity index is 1.21. The topological polar surface area (TPSA) is 59.1 Å². The lowest BCUT2D eigenvalue weighted by molar-refractivity contribution is 0.0535. The van der Waals surface area contributed by atoms with Gasteiger partial charge in [-0.3, -0.25) is 9.59 Å². The van der Waals surface area contributed by atoms with Crippen molar-refractivity contribution in [3.05, 3.63) is 83.9 Å². The Labute approximate surface area is 180 Å². The maximum Gasteiger partial charge on any atom is 0.254 e. The Morgan fingerprint density at radius 2 is 1.16 bits per heavy atom. The lowest BCUT2D eigenvalue weighted by Crippen LogP contribution is -2.50. The fourth-order valence-corrected chi connectivity index (χ4v) is 3.94. The zero-order valence-electron chi connectivity index (χ0n) is 17.0. The molecule has 0 spiro atoms. The molecule has 0 unspecified atom stereocenters. The van der Waals surface area contributed by atoms with E-state index in [2.05, 4.69) is 0 Å². The van der Waals surface area contributed by atoms with Crippen LogP contribution in [0, 0.1) is 0 Å². The third kappa shape index (κ3) is 3.84. The molecular weight excluding hydrogens is 392 g/mol. The summed E-state index contributed by atoms with van der Waals surface area (Å²) in [6.45, 7) is 2.20. The van der Waals surface area contributed by atoms with Crippen molar-refractivity contribution in [3.8, 4) is 22.6 Å². The molecule has 3 aromatic carbocycles. The van der Waals surface area contributed by atoms with E-state index in [9.17, 15) is 9.59 Å². The standard InChI is InChI=1S/C25H22N2O4/c28-24(20-8-6-19(7-9-20)18-4-2-1-3-5-18)26-12-14-27(15-13-26)25(29)21-10-11-22-23(16-21)31-17-30-22/h1-11,16H,12-15,17H2. The molecule has 156 valence electrons. The molecule has 2 amide bonds. The Bertz CT molecular complexity index is 1100. The SMILES string of the molecule is O=C(c1ccc(-c2ccccc2)cc1)N1CCN(C(=O)c2ccc3c(c2)OCO3)CC1. The first kappa shape index (κ1) is 19.2. The normalized spacial score (nSPS) is 15.1. The van der Waals surface area contributed by atoms with Crippen molar-refractivity contribution in [2.45, 2.75) is 0 Å². The molecule has 0 N–H and O–H groups in total. The van der Waals surface area contributed by atoms with Gasteiger partial charge >= 0.3 is 0 Å². The van der Waals surface area contributed by atoms with Crippen LogP contribution in [0.1, 0.15) is 20.7 Å². The van der Waals surface area contributed by atoms with Crippen LogP contribution in [-0.4, -0.2) is 54.6 Å². The van der Waals surface area contributed by atoms with Crippen molar-refractivity contribution in [1.82, 2.24) is 9.80 Å². The largest absolute Gasteiger partial charge is 0.454 e. The molecule has 3 aromatic rings. The number of benzene rings is 3. The number of piperazine rings is 1. The van der Waals surface area contributed by atoms with E-state index >= 15 is 0 Å². The van der Waals surface area contributed by atoms with Crippen LogP contribution in [0.5, 0.6) is 11.5 Å². The molecule has 0 bridgehead atoms. The van der Waals surface area contributed by atoms with Crippen molar-refractivity contribution in [3.63, 3.8) is 0 Å². The molecule has 31 heavy (non-hydrogen) atoms. The van der Waals surface area contributed by atoms with Gasteiger partial charge in [0.15, 0.2) is 11.5 Å². The lowest BCUT2D eigenvalue weighted by atomic mass is 10.0. The van der Waals surface area contributed by atoms with Gasteiger partial charge in [-0.2, -0.15) is 0 Å². The van der Waals surface area contributed by atoms with Crippen molar-refractivity contribution in [2.24, 2.45) is 0 Å². The summed E-state index contributed by atoms with van der Waals surface area (Å²) in [7, 11) is 0. The summed E-state index contributed by atoms with van der Waals surface area (Å²) >= 11 is 0. The number of amides is 2. The molecule has 2 aliphatic heterocycles. The third-order valence-corrected chi connectivity index (χ3v) is 5.71. The van der Waals surface area contributed by atoms with E-state index in [0.29, 0.717) is 48.8 Å². The Hall–Kier alpha value is -3.80. The number of carbonyl (C=O) groups is 2. The van der Waals surface area contributed by atoms with Crippen molar-refractivity contribution >= 4 is 11.8 Å². The average Bonchev–Trinajstić information content (AvgIpc) is 3.32. The summed E-state index contributed by atoms with van der Waals surface area (Å²) in [4.78, 5) is 29.3. The summed E-state index contributed by atoms with van der Waals surface area (Å²) in [6, 6.07) is 23.0. The summed E-state index contributed by atoms with van der Waals surface area (Å²) in [5.74, 6) is 1.19. The Kier molecular flexibility index (Phi) is 5.04. The highest BCUT2D eigenvalue weighted by Gasteiger charge is 2.26. The number of carbonyl (C=O) groups excluding carboxylic acids is 2. The van der Waals surface area contributed by atoms with E-state index in [4.69, 9.17) is 9.47 Å². The number of ether oxygens (including phenoxy) is 2. The summed E-state index contributed by atoms with van der Waals surface area (Å²) in [5.41, 5.74) is 3.43. The Morgan fingerprint density at radius 1 is 0.613 bits per heavy atom. The monoisotopic (exact) mass is 414 g/mol. The van der Waals surface area contributed by atoms with Crippen LogP contribution < -0.4 is 9.47 Å². The second-order valence-corrected chi connectivity index (χ2v) is 7.60. The highest BCUT2D eigenvalue weighted by Crippen LogP contribution is 2.33. The second-order valence-electron chi connectivity index (χ2n) is 7.60. The highest BCUT2D eigenvalue weighted by atomic mass is 16.7. The van der Waals surface area contributed by atoms with Gasteiger partial charge in [0.1, 0.15) is 0 Å². The zero-order chi connectivity index (χ0) is 21.2. The first-order valence-corrected chi connectivity index (χ1v) is 10.3. The van der Waals surface area contributed by atoms with Gasteiger partial charge in [0.05, 0.1) is 0 Å². The minimum atomic E-state index is -0.0578. The van der Waals surface area contributed by atoms with Crippen LogP contribution in [-0.2, 0) is 0 Å². The van der Waals surface area contributed by atoms with Crippen LogP contribution in [0.4, 0.5) is 0 Å². The number of hydrogen-bond acceptors (Lipinski definition) is 4. The van der Waals surface area contributed by atoms with Gasteiger partial charge in [-0.05, 0) is 41.5 Å². The minimum absolute atomic E-state index is 0.00482. The molecule has 2 heterocycles. The first-order valence-electron chi connectivity index (χ1n) is 10.3. The minimum Gasteiger partial charge on any atom is -0.454 e. The van der Waals surface area contributed by atoms with Crippen molar-refractivity contribution < 1.29 is 19.1 Å². The van der Waals surface area contributed by atoms with E-state index in [-0.39, 0.29) is 18.6 Å². The van der Waals surface area contributed by atoms with E-state index in [0.717, 1.165) is 11.1 Å². The molecule has 0 saturated carbocycles. The van der Waals surface area contributed by atoms with Crippen LogP contribution in [0.25, 0.3) is 11.1 Å². The zero-order valence-corrected chi connectivity index (χ0v) is 17.0. The van der Waals surface area contributed by atoms with E-state index in [1.54, 1.807) is 28.0 Å². The third-order valence-electron chi connectivity index (χ3n) is 5.71. The first-order chi connectivity index (χ1) is 15.2. The van der Waals surface area contributed by atoms with Gasteiger partial charge in [-0.15, -0.1) is 0 Å². The highest BCUT2D eigenvalue weighted by molar-refractivity contribution is 5.96. The van der Waals surface area contributed by atoms with E-state index < -0.39 is 0 Å². The van der Waals surface area contributed by atoms with Gasteiger partial charge in [0, 0.05) is 37.3 Å². The number of rotatable bonds is 3. The smallest absolute Gasteiger partial charge is 0.254 e. The van der Waals surface area contributed by atoms with Crippen molar-refractivity contribution in [1.29, 1.82) is 0 Å². The molecule has 6 nitrogen and oxygen atoms in total. The summed E-state index contributed by atoms with van der Waals surface area (Å²) < 4.78 is 10.7. The second kappa shape index (κ2) is 8.14. The Morgan fingerprint density at radius 3 is 1.84 bits per heavy atom. The van der Waals surface area contributed by atoms with Gasteiger partial charge in [0.2, 0.25) is 6.79 Å². The lowest BCUT2D eigenvalue weighted by Gasteiger charge is -2.35. The number of fused-ring (bicyclic) bond motifs is 1. The van der Waals surface area contributed by atoms with Gasteiger partial charge in [-0.1, -0.05) is 42.5 Å². The predicted octanol–water partition coefficient (Wildman–Crippen LogP) is 3.68. The molecule has 0 atom stereocenters. The maximum absolute atomic E-state index is 12.9. The molecule has 0 radical (unpaired) electrons. The quantitative estimate of drug-likeness (QED) is 0.656. The average molecular weight is 414 g/mol. The molecule has 1 saturated heterocycles. The number of nitrogens with zero attached hydrogens (tertiary/aromatic N) is 2. The van der Waals surface area contributed by atoms with Crippen LogP contribution in [0.2, 0.25) is 0 Å². The van der Waals surface area contributed by atoms with Crippen LogP contribution in [0.3, 0.4) is 0 Å². The molecule has 5 rings (SSSR count). The van der Waals surface area contributed by atoms with Crippen LogP contribution in [0.15, 0.2) is 72.8 Å². The van der Waals surface area contributed by atoms with Crippen LogP contribution >= 0.6 is 0 Å². The fraction of sp³-hybridized carbons (Fsp3) is 0.200. The summed E-state index contributed by atoms with van der Waals surface area (Å²) in [6.07, 6.45) is 0. The van der Waals surface area contributed by atoms with E-state index in [1.807, 2.05) is 54.6 Å². The maximum atomic E-state index is 12.9. The fourth-order valence-electron chi connectivity index (χ4n) is 3.94. The van der Waals surface area contributed by atoms with Crippen molar-refractivity contribution in [2.75, 3.05) is 33.0 Å². The predicted molar refractivity (Wildman–Crippen MR) is 116 cm³/mol. The molecule has 6 heteroatoms.